The molecule has 2 amide bonds. The number of hydrogen-bond donors (Lipinski definition) is 1. The number of nitrogens with zero attached hydrogens (tertiary/aromatic N) is 2. The zero-order valence-electron chi connectivity index (χ0n) is 15.1. The smallest absolute Gasteiger partial charge is 0.243 e. The van der Waals surface area contributed by atoms with Crippen LogP contribution in [-0.2, 0) is 19.6 Å². The molecule has 0 atom stereocenters. The van der Waals surface area contributed by atoms with Crippen LogP contribution in [0.15, 0.2) is 24.3 Å². The Morgan fingerprint density at radius 2 is 1.81 bits per heavy atom. The zero-order valence-corrected chi connectivity index (χ0v) is 15.9. The molecule has 1 fully saturated rings. The van der Waals surface area contributed by atoms with E-state index in [4.69, 9.17) is 10.5 Å². The molecule has 9 heteroatoms. The van der Waals surface area contributed by atoms with Crippen LogP contribution in [0.25, 0.3) is 0 Å². The number of carbonyl (C=O) groups excluding carboxylic acids is 2. The van der Waals surface area contributed by atoms with Crippen LogP contribution in [0, 0.1) is 5.92 Å². The SMILES string of the molecule is CCOc1ccc(N(CC(=O)N2CCC(C(N)=O)CC2)S(C)(=O)=O)cc1. The van der Waals surface area contributed by atoms with Gasteiger partial charge in [-0.1, -0.05) is 0 Å². The first kappa shape index (κ1) is 20.0. The van der Waals surface area contributed by atoms with Crippen LogP contribution in [0.1, 0.15) is 19.8 Å². The van der Waals surface area contributed by atoms with E-state index in [1.807, 2.05) is 6.92 Å². The fraction of sp³-hybridized carbons (Fsp3) is 0.529. The maximum atomic E-state index is 12.6. The summed E-state index contributed by atoms with van der Waals surface area (Å²) < 4.78 is 30.8. The van der Waals surface area contributed by atoms with Gasteiger partial charge in [-0.05, 0) is 44.0 Å². The number of benzene rings is 1. The molecule has 1 aromatic rings. The fourth-order valence-electron chi connectivity index (χ4n) is 2.91. The Hall–Kier alpha value is -2.29. The first-order valence-corrected chi connectivity index (χ1v) is 10.3. The van der Waals surface area contributed by atoms with Crippen LogP contribution in [0.5, 0.6) is 5.75 Å². The maximum absolute atomic E-state index is 12.6. The first-order valence-electron chi connectivity index (χ1n) is 8.50. The van der Waals surface area contributed by atoms with Gasteiger partial charge < -0.3 is 15.4 Å². The Labute approximate surface area is 153 Å². The molecule has 0 spiro atoms. The molecule has 26 heavy (non-hydrogen) atoms. The summed E-state index contributed by atoms with van der Waals surface area (Å²) in [6.45, 7) is 2.88. The number of piperidine rings is 1. The van der Waals surface area contributed by atoms with E-state index in [9.17, 15) is 18.0 Å². The predicted molar refractivity (Wildman–Crippen MR) is 98.3 cm³/mol. The van der Waals surface area contributed by atoms with Crippen LogP contribution in [0.4, 0.5) is 5.69 Å². The van der Waals surface area contributed by atoms with Gasteiger partial charge >= 0.3 is 0 Å². The van der Waals surface area contributed by atoms with Gasteiger partial charge in [0.15, 0.2) is 0 Å². The monoisotopic (exact) mass is 383 g/mol. The topological polar surface area (TPSA) is 110 Å². The van der Waals surface area contributed by atoms with E-state index in [1.165, 1.54) is 0 Å². The van der Waals surface area contributed by atoms with Crippen molar-refractivity contribution in [3.8, 4) is 5.75 Å². The third-order valence-electron chi connectivity index (χ3n) is 4.36. The number of anilines is 1. The van der Waals surface area contributed by atoms with E-state index in [0.29, 0.717) is 44.0 Å². The molecule has 0 aromatic heterocycles. The van der Waals surface area contributed by atoms with Gasteiger partial charge in [0.1, 0.15) is 12.3 Å². The Balaban J connectivity index is 2.09. The number of hydrogen-bond acceptors (Lipinski definition) is 5. The van der Waals surface area contributed by atoms with E-state index in [2.05, 4.69) is 0 Å². The van der Waals surface area contributed by atoms with Crippen molar-refractivity contribution >= 4 is 27.5 Å². The predicted octanol–water partition coefficient (Wildman–Crippen LogP) is 0.575. The van der Waals surface area contributed by atoms with Gasteiger partial charge in [0.05, 0.1) is 18.6 Å². The van der Waals surface area contributed by atoms with Crippen molar-refractivity contribution in [2.45, 2.75) is 19.8 Å². The first-order chi connectivity index (χ1) is 12.2. The number of nitrogens with two attached hydrogens (primary N) is 1. The molecule has 1 saturated heterocycles. The zero-order chi connectivity index (χ0) is 19.3. The van der Waals surface area contributed by atoms with Crippen molar-refractivity contribution in [2.75, 3.05) is 36.8 Å². The van der Waals surface area contributed by atoms with Crippen LogP contribution in [0.3, 0.4) is 0 Å². The lowest BCUT2D eigenvalue weighted by Crippen LogP contribution is -2.47. The Bertz CT molecular complexity index is 740. The quantitative estimate of drug-likeness (QED) is 0.740. The molecular weight excluding hydrogens is 358 g/mol. The highest BCUT2D eigenvalue weighted by Crippen LogP contribution is 2.23. The maximum Gasteiger partial charge on any atom is 0.243 e. The number of carbonyl (C=O) groups is 2. The summed E-state index contributed by atoms with van der Waals surface area (Å²) >= 11 is 0. The highest BCUT2D eigenvalue weighted by Gasteiger charge is 2.28. The van der Waals surface area contributed by atoms with E-state index < -0.39 is 10.0 Å². The van der Waals surface area contributed by atoms with Crippen molar-refractivity contribution in [2.24, 2.45) is 11.7 Å². The second kappa shape index (κ2) is 8.39. The third-order valence-corrected chi connectivity index (χ3v) is 5.51. The molecule has 0 saturated carbocycles. The number of primary amides is 1. The minimum Gasteiger partial charge on any atom is -0.494 e. The second-order valence-corrected chi connectivity index (χ2v) is 8.16. The summed E-state index contributed by atoms with van der Waals surface area (Å²) in [5.74, 6) is -0.253. The molecule has 1 aromatic carbocycles. The van der Waals surface area contributed by atoms with Gasteiger partial charge in [-0.2, -0.15) is 0 Å². The molecule has 1 aliphatic rings. The lowest BCUT2D eigenvalue weighted by molar-refractivity contribution is -0.133. The Morgan fingerprint density at radius 3 is 2.27 bits per heavy atom. The second-order valence-electron chi connectivity index (χ2n) is 6.25. The van der Waals surface area contributed by atoms with Crippen molar-refractivity contribution in [1.29, 1.82) is 0 Å². The van der Waals surface area contributed by atoms with E-state index in [0.717, 1.165) is 10.6 Å². The fourth-order valence-corrected chi connectivity index (χ4v) is 3.76. The van der Waals surface area contributed by atoms with E-state index in [-0.39, 0.29) is 24.3 Å². The molecule has 0 bridgehead atoms. The van der Waals surface area contributed by atoms with Crippen LogP contribution in [-0.4, -0.2) is 57.6 Å². The van der Waals surface area contributed by atoms with Gasteiger partial charge in [-0.15, -0.1) is 0 Å². The lowest BCUT2D eigenvalue weighted by Gasteiger charge is -2.32. The average molecular weight is 383 g/mol. The average Bonchev–Trinajstić information content (AvgIpc) is 2.59. The highest BCUT2D eigenvalue weighted by atomic mass is 32.2. The summed E-state index contributed by atoms with van der Waals surface area (Å²) in [4.78, 5) is 25.3. The number of sulfonamides is 1. The molecule has 2 rings (SSSR count). The molecule has 144 valence electrons. The minimum absolute atomic E-state index is 0.226. The summed E-state index contributed by atoms with van der Waals surface area (Å²) in [6, 6.07) is 6.55. The van der Waals surface area contributed by atoms with Gasteiger partial charge in [-0.25, -0.2) is 8.42 Å². The third kappa shape index (κ3) is 5.10. The van der Waals surface area contributed by atoms with E-state index in [1.54, 1.807) is 29.2 Å². The Kier molecular flexibility index (Phi) is 6.47. The van der Waals surface area contributed by atoms with Crippen molar-refractivity contribution in [3.05, 3.63) is 24.3 Å². The van der Waals surface area contributed by atoms with Gasteiger partial charge in [0.25, 0.3) is 0 Å². The van der Waals surface area contributed by atoms with Crippen molar-refractivity contribution in [1.82, 2.24) is 4.90 Å². The van der Waals surface area contributed by atoms with Gasteiger partial charge in [-0.3, -0.25) is 13.9 Å². The molecule has 0 unspecified atom stereocenters. The largest absolute Gasteiger partial charge is 0.494 e. The highest BCUT2D eigenvalue weighted by molar-refractivity contribution is 7.92. The molecular formula is C17H25N3O5S. The van der Waals surface area contributed by atoms with Crippen LogP contribution < -0.4 is 14.8 Å². The normalized spacial score (nSPS) is 15.5. The number of ether oxygens (including phenoxy) is 1. The molecule has 2 N–H and O–H groups in total. The summed E-state index contributed by atoms with van der Waals surface area (Å²) in [7, 11) is -3.63. The molecule has 0 radical (unpaired) electrons. The minimum atomic E-state index is -3.63. The number of rotatable bonds is 7. The van der Waals surface area contributed by atoms with Crippen LogP contribution >= 0.6 is 0 Å². The molecule has 1 aliphatic heterocycles. The summed E-state index contributed by atoms with van der Waals surface area (Å²) in [6.07, 6.45) is 2.07. The van der Waals surface area contributed by atoms with E-state index >= 15 is 0 Å². The molecule has 8 nitrogen and oxygen atoms in total. The lowest BCUT2D eigenvalue weighted by atomic mass is 9.96. The van der Waals surface area contributed by atoms with Gasteiger partial charge in [0.2, 0.25) is 21.8 Å². The van der Waals surface area contributed by atoms with Crippen LogP contribution in [0.2, 0.25) is 0 Å². The molecule has 1 heterocycles. The Morgan fingerprint density at radius 1 is 1.23 bits per heavy atom. The summed E-state index contributed by atoms with van der Waals surface area (Å²) in [5.41, 5.74) is 5.70. The summed E-state index contributed by atoms with van der Waals surface area (Å²) in [5, 5.41) is 0. The molecule has 0 aliphatic carbocycles. The van der Waals surface area contributed by atoms with Gasteiger partial charge in [0, 0.05) is 19.0 Å². The number of likely N-dealkylation sites (tertiary alicyclic amines) is 1. The van der Waals surface area contributed by atoms with Crippen molar-refractivity contribution in [3.63, 3.8) is 0 Å². The van der Waals surface area contributed by atoms with Crippen molar-refractivity contribution < 1.29 is 22.7 Å². The number of amides is 2. The standard InChI is InChI=1S/C17H25N3O5S/c1-3-25-15-6-4-14(5-7-15)20(26(2,23)24)12-16(21)19-10-8-13(9-11-19)17(18)22/h4-7,13H,3,8-12H2,1-2H3,(H2,18,22).